The van der Waals surface area contributed by atoms with E-state index in [0.717, 1.165) is 83.3 Å². The number of primary amides is 1. The van der Waals surface area contributed by atoms with Gasteiger partial charge in [-0.1, -0.05) is 23.8 Å². The number of rotatable bonds is 5. The third kappa shape index (κ3) is 4.30. The number of aromatic nitrogens is 2. The third-order valence-corrected chi connectivity index (χ3v) is 9.72. The minimum atomic E-state index is -0.527. The van der Waals surface area contributed by atoms with Crippen LogP contribution in [0.5, 0.6) is 0 Å². The second-order valence-electron chi connectivity index (χ2n) is 9.91. The Morgan fingerprint density at radius 1 is 1.03 bits per heavy atom. The summed E-state index contributed by atoms with van der Waals surface area (Å²) in [6.45, 7) is 1.79. The number of benzene rings is 1. The van der Waals surface area contributed by atoms with Gasteiger partial charge in [-0.2, -0.15) is 0 Å². The largest absolute Gasteiger partial charge is 0.365 e. The van der Waals surface area contributed by atoms with Crippen LogP contribution in [0.2, 0.25) is 0 Å². The number of nitrogens with zero attached hydrogens (tertiary/aromatic N) is 2. The van der Waals surface area contributed by atoms with E-state index in [2.05, 4.69) is 5.32 Å². The average molecular weight is 533 g/mol. The van der Waals surface area contributed by atoms with Gasteiger partial charge < -0.3 is 11.1 Å². The molecule has 0 saturated carbocycles. The second kappa shape index (κ2) is 9.54. The van der Waals surface area contributed by atoms with E-state index in [1.165, 1.54) is 20.8 Å². The molecule has 3 heterocycles. The summed E-state index contributed by atoms with van der Waals surface area (Å²) >= 11 is 3.03. The van der Waals surface area contributed by atoms with Crippen molar-refractivity contribution in [2.24, 2.45) is 5.73 Å². The van der Waals surface area contributed by atoms with Gasteiger partial charge in [-0.05, 0) is 75.5 Å². The van der Waals surface area contributed by atoms with Crippen LogP contribution in [-0.4, -0.2) is 21.4 Å². The Bertz CT molecular complexity index is 1630. The van der Waals surface area contributed by atoms with E-state index in [1.54, 1.807) is 11.3 Å². The van der Waals surface area contributed by atoms with Crippen LogP contribution in [0.1, 0.15) is 62.5 Å². The zero-order valence-electron chi connectivity index (χ0n) is 20.7. The highest BCUT2D eigenvalue weighted by Gasteiger charge is 2.27. The van der Waals surface area contributed by atoms with Crippen molar-refractivity contribution in [3.8, 4) is 11.4 Å². The van der Waals surface area contributed by atoms with E-state index < -0.39 is 5.91 Å². The molecule has 9 heteroatoms. The van der Waals surface area contributed by atoms with E-state index in [1.807, 2.05) is 31.2 Å². The minimum Gasteiger partial charge on any atom is -0.365 e. The van der Waals surface area contributed by atoms with Crippen molar-refractivity contribution in [1.82, 2.24) is 9.55 Å². The molecule has 2 aliphatic carbocycles. The Morgan fingerprint density at radius 2 is 1.73 bits per heavy atom. The third-order valence-electron chi connectivity index (χ3n) is 7.32. The normalized spacial score (nSPS) is 14.8. The van der Waals surface area contributed by atoms with Crippen LogP contribution in [0.25, 0.3) is 21.6 Å². The number of carbonyl (C=O) groups excluding carboxylic acids is 2. The lowest BCUT2D eigenvalue weighted by Crippen LogP contribution is -2.30. The van der Waals surface area contributed by atoms with Gasteiger partial charge in [0.25, 0.3) is 11.5 Å². The zero-order chi connectivity index (χ0) is 25.7. The van der Waals surface area contributed by atoms with E-state index >= 15 is 0 Å². The lowest BCUT2D eigenvalue weighted by molar-refractivity contribution is -0.116. The number of fused-ring (bicyclic) bond motifs is 4. The summed E-state index contributed by atoms with van der Waals surface area (Å²) in [5, 5.41) is 4.04. The lowest BCUT2D eigenvalue weighted by Gasteiger charge is -2.14. The van der Waals surface area contributed by atoms with E-state index in [9.17, 15) is 14.4 Å². The summed E-state index contributed by atoms with van der Waals surface area (Å²) in [5.74, 6) is -0.418. The summed E-state index contributed by atoms with van der Waals surface area (Å²) in [7, 11) is 0. The molecule has 0 atom stereocenters. The van der Waals surface area contributed by atoms with Crippen molar-refractivity contribution >= 4 is 49.7 Å². The monoisotopic (exact) mass is 532 g/mol. The minimum absolute atomic E-state index is 0.184. The number of hydrogen-bond donors (Lipinski definition) is 2. The van der Waals surface area contributed by atoms with Crippen molar-refractivity contribution in [3.63, 3.8) is 0 Å². The molecular formula is C28H28N4O3S2. The van der Waals surface area contributed by atoms with E-state index in [-0.39, 0.29) is 18.0 Å². The van der Waals surface area contributed by atoms with Crippen molar-refractivity contribution in [3.05, 3.63) is 66.6 Å². The molecular weight excluding hydrogens is 504 g/mol. The molecule has 7 nitrogen and oxygen atoms in total. The first-order chi connectivity index (χ1) is 17.9. The molecule has 0 bridgehead atoms. The molecule has 0 saturated heterocycles. The van der Waals surface area contributed by atoms with Gasteiger partial charge >= 0.3 is 0 Å². The number of thiophene rings is 2. The highest BCUT2D eigenvalue weighted by molar-refractivity contribution is 7.18. The van der Waals surface area contributed by atoms with Gasteiger partial charge in [0.2, 0.25) is 5.91 Å². The van der Waals surface area contributed by atoms with Crippen LogP contribution in [0.15, 0.2) is 29.1 Å². The van der Waals surface area contributed by atoms with E-state index in [4.69, 9.17) is 10.7 Å². The number of anilines is 1. The first-order valence-corrected chi connectivity index (χ1v) is 14.4. The Labute approximate surface area is 222 Å². The van der Waals surface area contributed by atoms with Crippen molar-refractivity contribution in [1.29, 1.82) is 0 Å². The number of amides is 2. The molecule has 0 radical (unpaired) electrons. The van der Waals surface area contributed by atoms with Gasteiger partial charge in [-0.15, -0.1) is 22.7 Å². The molecule has 0 fully saturated rings. The summed E-state index contributed by atoms with van der Waals surface area (Å²) in [4.78, 5) is 47.7. The maximum Gasteiger partial charge on any atom is 0.263 e. The van der Waals surface area contributed by atoms with Crippen LogP contribution in [0.3, 0.4) is 0 Å². The molecule has 6 rings (SSSR count). The molecule has 0 aliphatic heterocycles. The van der Waals surface area contributed by atoms with Crippen LogP contribution in [0.4, 0.5) is 5.00 Å². The molecule has 0 unspecified atom stereocenters. The number of carbonyl (C=O) groups is 2. The van der Waals surface area contributed by atoms with Crippen molar-refractivity contribution in [2.45, 2.75) is 64.8 Å². The molecule has 1 aromatic carbocycles. The number of nitrogens with two attached hydrogens (primary N) is 1. The highest BCUT2D eigenvalue weighted by Crippen LogP contribution is 2.38. The molecule has 37 heavy (non-hydrogen) atoms. The smallest absolute Gasteiger partial charge is 0.263 e. The Balaban J connectivity index is 1.43. The standard InChI is InChI=1S/C28H28N4O3S2/c1-15-7-6-8-16(13-15)25-31-27-23(18-10-3-5-12-20(18)37-27)28(35)32(25)14-21(33)30-26-22(24(29)34)17-9-2-4-11-19(17)36-26/h6-8,13H,2-5,9-12,14H2,1H3,(H2,29,34)(H,30,33). The Morgan fingerprint density at radius 3 is 2.46 bits per heavy atom. The SMILES string of the molecule is Cc1cccc(-c2nc3sc4c(c3c(=O)n2CC(=O)Nc2sc3c(c2C(N)=O)CCCC3)CCCC4)c1. The van der Waals surface area contributed by atoms with Gasteiger partial charge in [0.15, 0.2) is 0 Å². The van der Waals surface area contributed by atoms with Crippen molar-refractivity contribution in [2.75, 3.05) is 5.32 Å². The zero-order valence-corrected chi connectivity index (χ0v) is 22.3. The molecule has 4 aromatic rings. The van der Waals surface area contributed by atoms with Crippen LogP contribution in [0, 0.1) is 6.92 Å². The van der Waals surface area contributed by atoms with Crippen LogP contribution in [-0.2, 0) is 37.0 Å². The predicted octanol–water partition coefficient (Wildman–Crippen LogP) is 4.99. The summed E-state index contributed by atoms with van der Waals surface area (Å²) in [6, 6.07) is 7.82. The highest BCUT2D eigenvalue weighted by atomic mass is 32.1. The quantitative estimate of drug-likeness (QED) is 0.378. The predicted molar refractivity (Wildman–Crippen MR) is 149 cm³/mol. The van der Waals surface area contributed by atoms with Crippen LogP contribution < -0.4 is 16.6 Å². The summed E-state index contributed by atoms with van der Waals surface area (Å²) < 4.78 is 1.49. The maximum absolute atomic E-state index is 13.9. The first kappa shape index (κ1) is 24.1. The average Bonchev–Trinajstić information content (AvgIpc) is 3.43. The lowest BCUT2D eigenvalue weighted by atomic mass is 9.95. The maximum atomic E-state index is 13.9. The molecule has 0 spiro atoms. The second-order valence-corrected chi connectivity index (χ2v) is 12.1. The van der Waals surface area contributed by atoms with Crippen LogP contribution >= 0.6 is 22.7 Å². The number of nitrogens with one attached hydrogen (secondary N) is 1. The number of hydrogen-bond acceptors (Lipinski definition) is 6. The van der Waals surface area contributed by atoms with Gasteiger partial charge in [0.05, 0.1) is 10.9 Å². The van der Waals surface area contributed by atoms with Gasteiger partial charge in [-0.3, -0.25) is 19.0 Å². The fraction of sp³-hybridized carbons (Fsp3) is 0.357. The van der Waals surface area contributed by atoms with E-state index in [0.29, 0.717) is 21.8 Å². The topological polar surface area (TPSA) is 107 Å². The first-order valence-electron chi connectivity index (χ1n) is 12.8. The van der Waals surface area contributed by atoms with Crippen molar-refractivity contribution < 1.29 is 9.59 Å². The van der Waals surface area contributed by atoms with Gasteiger partial charge in [-0.25, -0.2) is 4.98 Å². The fourth-order valence-electron chi connectivity index (χ4n) is 5.61. The molecule has 3 aromatic heterocycles. The molecule has 2 amide bonds. The summed E-state index contributed by atoms with van der Waals surface area (Å²) in [5.41, 5.74) is 9.85. The summed E-state index contributed by atoms with van der Waals surface area (Å²) in [6.07, 6.45) is 7.75. The van der Waals surface area contributed by atoms with Gasteiger partial charge in [0.1, 0.15) is 22.2 Å². The Kier molecular flexibility index (Phi) is 6.20. The fourth-order valence-corrected chi connectivity index (χ4v) is 8.18. The molecule has 190 valence electrons. The number of aryl methyl sites for hydroxylation is 4. The molecule has 3 N–H and O–H groups in total. The molecule has 2 aliphatic rings. The van der Waals surface area contributed by atoms with Gasteiger partial charge in [0, 0.05) is 15.3 Å². The Hall–Kier alpha value is -3.30.